The molecule has 0 spiro atoms. The average Bonchev–Trinajstić information content (AvgIpc) is 2.64. The van der Waals surface area contributed by atoms with E-state index in [0.29, 0.717) is 17.5 Å². The van der Waals surface area contributed by atoms with Gasteiger partial charge in [-0.1, -0.05) is 13.0 Å². The third kappa shape index (κ3) is 1.61. The number of aryl methyl sites for hydroxylation is 2. The Morgan fingerprint density at radius 2 is 2.12 bits per heavy atom. The lowest BCUT2D eigenvalue weighted by Crippen LogP contribution is -2.05. The van der Waals surface area contributed by atoms with E-state index in [1.807, 2.05) is 20.9 Å². The fraction of sp³-hybridized carbons (Fsp3) is 0.385. The Bertz CT molecular complexity index is 516. The molecule has 1 aromatic carbocycles. The number of benzene rings is 1. The van der Waals surface area contributed by atoms with Crippen LogP contribution in [0.1, 0.15) is 23.8 Å². The van der Waals surface area contributed by atoms with E-state index in [1.165, 1.54) is 6.07 Å². The van der Waals surface area contributed by atoms with Crippen molar-refractivity contribution in [3.63, 3.8) is 0 Å². The predicted octanol–water partition coefficient (Wildman–Crippen LogP) is 3.16. The maximum atomic E-state index is 13.8. The van der Waals surface area contributed by atoms with Crippen molar-refractivity contribution in [1.82, 2.24) is 5.32 Å². The van der Waals surface area contributed by atoms with Crippen LogP contribution in [0, 0.1) is 12.7 Å². The molecule has 0 unspecified atom stereocenters. The largest absolute Gasteiger partial charge is 0.459 e. The van der Waals surface area contributed by atoms with Gasteiger partial charge in [0.05, 0.1) is 11.9 Å². The molecule has 0 aliphatic rings. The van der Waals surface area contributed by atoms with Gasteiger partial charge in [-0.05, 0) is 32.0 Å². The van der Waals surface area contributed by atoms with Crippen LogP contribution in [0.25, 0.3) is 11.0 Å². The third-order valence-electron chi connectivity index (χ3n) is 2.86. The molecule has 0 saturated carbocycles. The topological polar surface area (TPSA) is 25.2 Å². The monoisotopic (exact) mass is 221 g/mol. The van der Waals surface area contributed by atoms with Crippen molar-refractivity contribution < 1.29 is 8.81 Å². The van der Waals surface area contributed by atoms with Crippen LogP contribution in [-0.2, 0) is 13.0 Å². The number of rotatable bonds is 3. The predicted molar refractivity (Wildman–Crippen MR) is 63.1 cm³/mol. The van der Waals surface area contributed by atoms with Crippen LogP contribution in [-0.4, -0.2) is 7.05 Å². The van der Waals surface area contributed by atoms with Crippen LogP contribution in [0.3, 0.4) is 0 Å². The zero-order valence-electron chi connectivity index (χ0n) is 9.86. The summed E-state index contributed by atoms with van der Waals surface area (Å²) >= 11 is 0. The lowest BCUT2D eigenvalue weighted by atomic mass is 10.1. The van der Waals surface area contributed by atoms with Crippen LogP contribution in [0.15, 0.2) is 16.5 Å². The second kappa shape index (κ2) is 4.26. The molecule has 16 heavy (non-hydrogen) atoms. The fourth-order valence-electron chi connectivity index (χ4n) is 2.08. The second-order valence-electron chi connectivity index (χ2n) is 3.96. The van der Waals surface area contributed by atoms with Gasteiger partial charge in [-0.15, -0.1) is 0 Å². The lowest BCUT2D eigenvalue weighted by molar-refractivity contribution is 0.523. The molecule has 0 saturated heterocycles. The van der Waals surface area contributed by atoms with Crippen LogP contribution in [0.5, 0.6) is 0 Å². The summed E-state index contributed by atoms with van der Waals surface area (Å²) in [5.41, 5.74) is 2.64. The highest BCUT2D eigenvalue weighted by molar-refractivity contribution is 5.85. The number of hydrogen-bond acceptors (Lipinski definition) is 2. The number of fused-ring (bicyclic) bond motifs is 1. The Labute approximate surface area is 94.4 Å². The lowest BCUT2D eigenvalue weighted by Gasteiger charge is -1.99. The highest BCUT2D eigenvalue weighted by Crippen LogP contribution is 2.31. The summed E-state index contributed by atoms with van der Waals surface area (Å²) in [4.78, 5) is 0. The maximum Gasteiger partial charge on any atom is 0.140 e. The van der Waals surface area contributed by atoms with E-state index in [9.17, 15) is 4.39 Å². The van der Waals surface area contributed by atoms with Crippen molar-refractivity contribution in [2.45, 2.75) is 26.8 Å². The molecule has 0 amide bonds. The number of halogens is 1. The van der Waals surface area contributed by atoms with Gasteiger partial charge in [0.25, 0.3) is 0 Å². The minimum absolute atomic E-state index is 0.191. The first kappa shape index (κ1) is 11.1. The van der Waals surface area contributed by atoms with Gasteiger partial charge in [0.15, 0.2) is 0 Å². The average molecular weight is 221 g/mol. The minimum Gasteiger partial charge on any atom is -0.459 e. The van der Waals surface area contributed by atoms with E-state index in [2.05, 4.69) is 5.32 Å². The van der Waals surface area contributed by atoms with Crippen LogP contribution in [0.2, 0.25) is 0 Å². The van der Waals surface area contributed by atoms with E-state index in [-0.39, 0.29) is 5.82 Å². The van der Waals surface area contributed by atoms with Gasteiger partial charge in [-0.25, -0.2) is 4.39 Å². The Kier molecular flexibility index (Phi) is 2.97. The van der Waals surface area contributed by atoms with E-state index in [1.54, 1.807) is 6.07 Å². The molecule has 1 N–H and O–H groups in total. The van der Waals surface area contributed by atoms with E-state index in [4.69, 9.17) is 4.42 Å². The van der Waals surface area contributed by atoms with Crippen molar-refractivity contribution in [2.24, 2.45) is 0 Å². The Morgan fingerprint density at radius 1 is 1.38 bits per heavy atom. The van der Waals surface area contributed by atoms with E-state index < -0.39 is 0 Å². The molecule has 0 fully saturated rings. The second-order valence-corrected chi connectivity index (χ2v) is 3.96. The van der Waals surface area contributed by atoms with Crippen LogP contribution >= 0.6 is 0 Å². The van der Waals surface area contributed by atoms with E-state index >= 15 is 0 Å². The molecule has 0 aliphatic heterocycles. The van der Waals surface area contributed by atoms with Gasteiger partial charge in [0, 0.05) is 5.56 Å². The Hall–Kier alpha value is -1.35. The van der Waals surface area contributed by atoms with Gasteiger partial charge >= 0.3 is 0 Å². The fourth-order valence-corrected chi connectivity index (χ4v) is 2.08. The smallest absolute Gasteiger partial charge is 0.140 e. The van der Waals surface area contributed by atoms with Gasteiger partial charge in [0.1, 0.15) is 17.2 Å². The summed E-state index contributed by atoms with van der Waals surface area (Å²) in [6.45, 7) is 4.59. The summed E-state index contributed by atoms with van der Waals surface area (Å²) in [6.07, 6.45) is 0.782. The number of furan rings is 1. The summed E-state index contributed by atoms with van der Waals surface area (Å²) < 4.78 is 19.5. The molecule has 0 atom stereocenters. The quantitative estimate of drug-likeness (QED) is 0.861. The van der Waals surface area contributed by atoms with Crippen molar-refractivity contribution in [1.29, 1.82) is 0 Å². The zero-order chi connectivity index (χ0) is 11.7. The van der Waals surface area contributed by atoms with Crippen molar-refractivity contribution in [2.75, 3.05) is 7.05 Å². The molecule has 2 nitrogen and oxygen atoms in total. The van der Waals surface area contributed by atoms with Crippen molar-refractivity contribution >= 4 is 11.0 Å². The molecule has 0 bridgehead atoms. The summed E-state index contributed by atoms with van der Waals surface area (Å²) in [5.74, 6) is 0.650. The summed E-state index contributed by atoms with van der Waals surface area (Å²) in [5, 5.41) is 3.69. The molecular formula is C13H16FNO. The molecule has 0 aliphatic carbocycles. The van der Waals surface area contributed by atoms with Gasteiger partial charge < -0.3 is 9.73 Å². The third-order valence-corrected chi connectivity index (χ3v) is 2.86. The van der Waals surface area contributed by atoms with Gasteiger partial charge in [0.2, 0.25) is 0 Å². The molecule has 1 aromatic heterocycles. The van der Waals surface area contributed by atoms with Gasteiger partial charge in [-0.2, -0.15) is 0 Å². The number of hydrogen-bond donors (Lipinski definition) is 1. The first-order chi connectivity index (χ1) is 7.69. The first-order valence-corrected chi connectivity index (χ1v) is 5.53. The van der Waals surface area contributed by atoms with Crippen molar-refractivity contribution in [3.8, 4) is 0 Å². The first-order valence-electron chi connectivity index (χ1n) is 5.53. The Morgan fingerprint density at radius 3 is 2.75 bits per heavy atom. The van der Waals surface area contributed by atoms with Crippen molar-refractivity contribution in [3.05, 3.63) is 34.8 Å². The molecule has 1 heterocycles. The van der Waals surface area contributed by atoms with Crippen LogP contribution < -0.4 is 5.32 Å². The molecule has 2 aromatic rings. The molecule has 3 heteroatoms. The summed E-state index contributed by atoms with van der Waals surface area (Å²) in [7, 11) is 1.86. The minimum atomic E-state index is -0.191. The molecule has 0 radical (unpaired) electrons. The van der Waals surface area contributed by atoms with E-state index in [0.717, 1.165) is 23.3 Å². The summed E-state index contributed by atoms with van der Waals surface area (Å²) in [6, 6.07) is 3.26. The maximum absolute atomic E-state index is 13.8. The molecule has 2 rings (SSSR count). The highest BCUT2D eigenvalue weighted by atomic mass is 19.1. The molecule has 86 valence electrons. The van der Waals surface area contributed by atoms with Gasteiger partial charge in [-0.3, -0.25) is 0 Å². The number of nitrogens with one attached hydrogen (secondary N) is 1. The SMILES string of the molecule is CCc1c(CNC)oc2c(C)ccc(F)c12. The standard InChI is InChI=1S/C13H16FNO/c1-4-9-11(7-15-3)16-13-8(2)5-6-10(14)12(9)13/h5-6,15H,4,7H2,1-3H3. The normalized spacial score (nSPS) is 11.2. The highest BCUT2D eigenvalue weighted by Gasteiger charge is 2.16. The zero-order valence-corrected chi connectivity index (χ0v) is 9.86. The van der Waals surface area contributed by atoms with Crippen LogP contribution in [0.4, 0.5) is 4.39 Å². The Balaban J connectivity index is 2.76. The molecular weight excluding hydrogens is 205 g/mol.